The largest absolute Gasteiger partial charge is 0.480 e. The van der Waals surface area contributed by atoms with Crippen LogP contribution in [0, 0.1) is 0 Å². The van der Waals surface area contributed by atoms with Gasteiger partial charge in [-0.1, -0.05) is 12.1 Å². The van der Waals surface area contributed by atoms with Crippen LogP contribution in [0.1, 0.15) is 17.3 Å². The Balaban J connectivity index is 3.27. The highest BCUT2D eigenvalue weighted by molar-refractivity contribution is 6.05. The van der Waals surface area contributed by atoms with Gasteiger partial charge in [0.25, 0.3) is 5.91 Å². The first-order valence-corrected chi connectivity index (χ1v) is 6.08. The van der Waals surface area contributed by atoms with Crippen molar-refractivity contribution < 1.29 is 24.6 Å². The predicted molar refractivity (Wildman–Crippen MR) is 74.8 cm³/mol. The number of carboxylic acids is 1. The number of nitrogens with two attached hydrogens (primary N) is 1. The molecule has 0 aliphatic heterocycles. The Morgan fingerprint density at radius 3 is 2.33 bits per heavy atom. The lowest BCUT2D eigenvalue weighted by Crippen LogP contribution is -2.42. The highest BCUT2D eigenvalue weighted by Gasteiger charge is 2.24. The van der Waals surface area contributed by atoms with Crippen molar-refractivity contribution in [3.63, 3.8) is 0 Å². The molecule has 1 unspecified atom stereocenters. The fourth-order valence-corrected chi connectivity index (χ4v) is 1.67. The quantitative estimate of drug-likeness (QED) is 0.663. The number of amides is 3. The standard InChI is InChI=1S/C13H17N3O5/c1-8(17)15(2)12(20)9-5-3-4-6-10(9)16(13(14)21)7-11(18)19/h3-6,8,17H,7H2,1-2H3,(H2,14,21)(H,18,19). The average molecular weight is 295 g/mol. The normalized spacial score (nSPS) is 11.6. The van der Waals surface area contributed by atoms with Gasteiger partial charge in [-0.25, -0.2) is 4.79 Å². The number of rotatable bonds is 5. The minimum atomic E-state index is -1.26. The molecule has 0 heterocycles. The van der Waals surface area contributed by atoms with Gasteiger partial charge >= 0.3 is 12.0 Å². The average Bonchev–Trinajstić information content (AvgIpc) is 2.42. The SMILES string of the molecule is CC(O)N(C)C(=O)c1ccccc1N(CC(=O)O)C(N)=O. The number of nitrogens with zero attached hydrogens (tertiary/aromatic N) is 2. The summed E-state index contributed by atoms with van der Waals surface area (Å²) in [6, 6.07) is 4.96. The van der Waals surface area contributed by atoms with Crippen molar-refractivity contribution >= 4 is 23.6 Å². The lowest BCUT2D eigenvalue weighted by atomic mass is 10.1. The van der Waals surface area contributed by atoms with Crippen LogP contribution in [0.4, 0.5) is 10.5 Å². The fraction of sp³-hybridized carbons (Fsp3) is 0.308. The van der Waals surface area contributed by atoms with E-state index in [0.29, 0.717) is 0 Å². The zero-order valence-corrected chi connectivity index (χ0v) is 11.7. The van der Waals surface area contributed by atoms with Gasteiger partial charge in [-0.2, -0.15) is 0 Å². The first kappa shape index (κ1) is 16.4. The Kier molecular flexibility index (Phi) is 5.25. The molecule has 4 N–H and O–H groups in total. The minimum Gasteiger partial charge on any atom is -0.480 e. The number of carbonyl (C=O) groups is 3. The zero-order valence-electron chi connectivity index (χ0n) is 11.7. The Hall–Kier alpha value is -2.61. The highest BCUT2D eigenvalue weighted by Crippen LogP contribution is 2.22. The van der Waals surface area contributed by atoms with Gasteiger partial charge in [0.1, 0.15) is 12.8 Å². The van der Waals surface area contributed by atoms with Gasteiger partial charge in [-0.05, 0) is 19.1 Å². The van der Waals surface area contributed by atoms with Crippen LogP contribution < -0.4 is 10.6 Å². The summed E-state index contributed by atoms with van der Waals surface area (Å²) < 4.78 is 0. The molecule has 0 aliphatic carbocycles. The predicted octanol–water partition coefficient (Wildman–Crippen LogP) is 0.0666. The van der Waals surface area contributed by atoms with Crippen molar-refractivity contribution in [2.24, 2.45) is 5.73 Å². The number of aliphatic carboxylic acids is 1. The van der Waals surface area contributed by atoms with Crippen molar-refractivity contribution in [3.8, 4) is 0 Å². The third-order valence-corrected chi connectivity index (χ3v) is 2.87. The van der Waals surface area contributed by atoms with E-state index in [4.69, 9.17) is 10.8 Å². The summed E-state index contributed by atoms with van der Waals surface area (Å²) in [6.07, 6.45) is -1.04. The molecule has 0 aromatic heterocycles. The Morgan fingerprint density at radius 1 is 1.29 bits per heavy atom. The van der Waals surface area contributed by atoms with Crippen molar-refractivity contribution in [3.05, 3.63) is 29.8 Å². The molecule has 1 atom stereocenters. The molecule has 1 rings (SSSR count). The van der Waals surface area contributed by atoms with E-state index >= 15 is 0 Å². The molecule has 8 heteroatoms. The van der Waals surface area contributed by atoms with E-state index in [9.17, 15) is 19.5 Å². The van der Waals surface area contributed by atoms with Gasteiger partial charge in [0, 0.05) is 7.05 Å². The number of anilines is 1. The first-order chi connectivity index (χ1) is 9.75. The molecule has 0 spiro atoms. The van der Waals surface area contributed by atoms with Gasteiger partial charge in [-0.15, -0.1) is 0 Å². The molecule has 1 aromatic carbocycles. The summed E-state index contributed by atoms with van der Waals surface area (Å²) >= 11 is 0. The maximum Gasteiger partial charge on any atom is 0.323 e. The molecule has 1 aromatic rings. The van der Waals surface area contributed by atoms with E-state index in [-0.39, 0.29) is 11.3 Å². The van der Waals surface area contributed by atoms with Crippen molar-refractivity contribution in [1.82, 2.24) is 4.90 Å². The fourth-order valence-electron chi connectivity index (χ4n) is 1.67. The number of para-hydroxylation sites is 1. The van der Waals surface area contributed by atoms with E-state index in [2.05, 4.69) is 0 Å². The lowest BCUT2D eigenvalue weighted by molar-refractivity contribution is -0.135. The van der Waals surface area contributed by atoms with Gasteiger partial charge in [0.15, 0.2) is 0 Å². The summed E-state index contributed by atoms with van der Waals surface area (Å²) in [4.78, 5) is 36.3. The number of benzene rings is 1. The van der Waals surface area contributed by atoms with Gasteiger partial charge < -0.3 is 20.8 Å². The summed E-state index contributed by atoms with van der Waals surface area (Å²) in [7, 11) is 1.38. The monoisotopic (exact) mass is 295 g/mol. The van der Waals surface area contributed by atoms with Crippen LogP contribution in [0.3, 0.4) is 0 Å². The molecule has 3 amide bonds. The number of carbonyl (C=O) groups excluding carboxylic acids is 2. The molecular weight excluding hydrogens is 278 g/mol. The van der Waals surface area contributed by atoms with Crippen LogP contribution >= 0.6 is 0 Å². The summed E-state index contributed by atoms with van der Waals surface area (Å²) in [5, 5.41) is 18.3. The first-order valence-electron chi connectivity index (χ1n) is 6.08. The molecular formula is C13H17N3O5. The molecule has 8 nitrogen and oxygen atoms in total. The second-order valence-corrected chi connectivity index (χ2v) is 4.38. The third kappa shape index (κ3) is 3.93. The maximum atomic E-state index is 12.3. The Bertz CT molecular complexity index is 558. The van der Waals surface area contributed by atoms with Crippen LogP contribution in [0.2, 0.25) is 0 Å². The molecule has 0 fully saturated rings. The molecule has 0 aliphatic rings. The zero-order chi connectivity index (χ0) is 16.2. The van der Waals surface area contributed by atoms with E-state index < -0.39 is 30.7 Å². The van der Waals surface area contributed by atoms with Crippen LogP contribution in [0.5, 0.6) is 0 Å². The summed E-state index contributed by atoms with van der Waals surface area (Å²) in [5.41, 5.74) is 5.32. The molecule has 21 heavy (non-hydrogen) atoms. The highest BCUT2D eigenvalue weighted by atomic mass is 16.4. The van der Waals surface area contributed by atoms with Gasteiger partial charge in [0.05, 0.1) is 11.3 Å². The van der Waals surface area contributed by atoms with Crippen LogP contribution in [-0.2, 0) is 4.79 Å². The van der Waals surface area contributed by atoms with E-state index in [0.717, 1.165) is 9.80 Å². The lowest BCUT2D eigenvalue weighted by Gasteiger charge is -2.25. The van der Waals surface area contributed by atoms with Gasteiger partial charge in [-0.3, -0.25) is 14.5 Å². The smallest absolute Gasteiger partial charge is 0.323 e. The molecule has 0 saturated heterocycles. The molecule has 0 bridgehead atoms. The Labute approximate surface area is 121 Å². The van der Waals surface area contributed by atoms with Crippen molar-refractivity contribution in [1.29, 1.82) is 0 Å². The van der Waals surface area contributed by atoms with Crippen LogP contribution in [0.15, 0.2) is 24.3 Å². The topological polar surface area (TPSA) is 124 Å². The van der Waals surface area contributed by atoms with E-state index in [1.807, 2.05) is 0 Å². The minimum absolute atomic E-state index is 0.0703. The van der Waals surface area contributed by atoms with Gasteiger partial charge in [0.2, 0.25) is 0 Å². The Morgan fingerprint density at radius 2 is 1.86 bits per heavy atom. The number of primary amides is 1. The number of hydrogen-bond donors (Lipinski definition) is 3. The number of hydrogen-bond acceptors (Lipinski definition) is 4. The second-order valence-electron chi connectivity index (χ2n) is 4.38. The van der Waals surface area contributed by atoms with E-state index in [1.54, 1.807) is 12.1 Å². The maximum absolute atomic E-state index is 12.3. The molecule has 114 valence electrons. The van der Waals surface area contributed by atoms with Crippen LogP contribution in [-0.4, -0.2) is 52.8 Å². The van der Waals surface area contributed by atoms with Crippen LogP contribution in [0.25, 0.3) is 0 Å². The number of aliphatic hydroxyl groups is 1. The van der Waals surface area contributed by atoms with Crippen molar-refractivity contribution in [2.45, 2.75) is 13.2 Å². The summed E-state index contributed by atoms with van der Waals surface area (Å²) in [5.74, 6) is -1.82. The third-order valence-electron chi connectivity index (χ3n) is 2.87. The molecule has 0 radical (unpaired) electrons. The second kappa shape index (κ2) is 6.71. The number of aliphatic hydroxyl groups excluding tert-OH is 1. The molecule has 0 saturated carbocycles. The summed E-state index contributed by atoms with van der Waals surface area (Å²) in [6.45, 7) is 0.738. The van der Waals surface area contributed by atoms with E-state index in [1.165, 1.54) is 26.1 Å². The van der Waals surface area contributed by atoms with Crippen molar-refractivity contribution in [2.75, 3.05) is 18.5 Å². The number of urea groups is 1. The number of carboxylic acid groups (broad SMARTS) is 1.